The van der Waals surface area contributed by atoms with Crippen molar-refractivity contribution in [1.82, 2.24) is 0 Å². The van der Waals surface area contributed by atoms with E-state index in [-0.39, 0.29) is 0 Å². The molecule has 0 fully saturated rings. The molecule has 0 amide bonds. The Bertz CT molecular complexity index is 599. The number of anilines is 1. The molecule has 0 spiro atoms. The molecule has 0 saturated carbocycles. The highest BCUT2D eigenvalue weighted by Gasteiger charge is 2.04. The first-order chi connectivity index (χ1) is 9.63. The van der Waals surface area contributed by atoms with Crippen LogP contribution in [0.15, 0.2) is 36.4 Å². The van der Waals surface area contributed by atoms with Crippen LogP contribution in [0.1, 0.15) is 11.1 Å². The van der Waals surface area contributed by atoms with Crippen LogP contribution in [0.25, 0.3) is 0 Å². The highest BCUT2D eigenvalue weighted by molar-refractivity contribution is 6.31. The van der Waals surface area contributed by atoms with Crippen LogP contribution in [0.2, 0.25) is 5.02 Å². The molecule has 0 aliphatic rings. The molecule has 0 radical (unpaired) electrons. The number of halogens is 1. The van der Waals surface area contributed by atoms with Gasteiger partial charge in [0, 0.05) is 17.3 Å². The zero-order chi connectivity index (χ0) is 14.5. The third kappa shape index (κ3) is 3.36. The number of benzene rings is 2. The number of aryl methyl sites for hydroxylation is 1. The Morgan fingerprint density at radius 3 is 2.40 bits per heavy atom. The van der Waals surface area contributed by atoms with E-state index in [1.807, 2.05) is 43.3 Å². The van der Waals surface area contributed by atoms with E-state index in [0.29, 0.717) is 6.54 Å². The maximum absolute atomic E-state index is 6.11. The van der Waals surface area contributed by atoms with Gasteiger partial charge in [-0.25, -0.2) is 0 Å². The fourth-order valence-corrected chi connectivity index (χ4v) is 2.08. The Morgan fingerprint density at radius 1 is 1.00 bits per heavy atom. The molecule has 0 unspecified atom stereocenters. The summed E-state index contributed by atoms with van der Waals surface area (Å²) in [5, 5.41) is 4.10. The van der Waals surface area contributed by atoms with Crippen molar-refractivity contribution in [2.75, 3.05) is 19.5 Å². The van der Waals surface area contributed by atoms with E-state index in [1.165, 1.54) is 0 Å². The predicted molar refractivity (Wildman–Crippen MR) is 83.1 cm³/mol. The van der Waals surface area contributed by atoms with Crippen LogP contribution in [0.5, 0.6) is 11.5 Å². The standard InChI is InChI=1S/C16H18ClNO2/c1-11-4-6-13(9-14(11)17)18-10-12-5-7-15(19-2)16(8-12)20-3/h4-9,18H,10H2,1-3H3. The molecule has 2 aromatic rings. The molecule has 0 aliphatic carbocycles. The van der Waals surface area contributed by atoms with Gasteiger partial charge in [-0.1, -0.05) is 23.7 Å². The maximum Gasteiger partial charge on any atom is 0.161 e. The zero-order valence-electron chi connectivity index (χ0n) is 11.9. The Labute approximate surface area is 124 Å². The first-order valence-electron chi connectivity index (χ1n) is 6.35. The van der Waals surface area contributed by atoms with E-state index >= 15 is 0 Å². The lowest BCUT2D eigenvalue weighted by Gasteiger charge is -2.11. The van der Waals surface area contributed by atoms with Crippen molar-refractivity contribution in [3.8, 4) is 11.5 Å². The first kappa shape index (κ1) is 14.5. The van der Waals surface area contributed by atoms with Gasteiger partial charge in [0.15, 0.2) is 11.5 Å². The van der Waals surface area contributed by atoms with Gasteiger partial charge in [0.05, 0.1) is 14.2 Å². The summed E-state index contributed by atoms with van der Waals surface area (Å²) in [4.78, 5) is 0. The van der Waals surface area contributed by atoms with Crippen molar-refractivity contribution in [1.29, 1.82) is 0 Å². The van der Waals surface area contributed by atoms with Gasteiger partial charge in [-0.15, -0.1) is 0 Å². The van der Waals surface area contributed by atoms with Crippen LogP contribution >= 0.6 is 11.6 Å². The van der Waals surface area contributed by atoms with Gasteiger partial charge in [0.2, 0.25) is 0 Å². The molecule has 0 atom stereocenters. The molecule has 3 nitrogen and oxygen atoms in total. The number of nitrogens with one attached hydrogen (secondary N) is 1. The molecule has 0 heterocycles. The molecule has 0 aromatic heterocycles. The molecule has 1 N–H and O–H groups in total. The fraction of sp³-hybridized carbons (Fsp3) is 0.250. The summed E-state index contributed by atoms with van der Waals surface area (Å²) in [5.74, 6) is 1.46. The van der Waals surface area contributed by atoms with E-state index in [0.717, 1.165) is 33.3 Å². The van der Waals surface area contributed by atoms with Crippen molar-refractivity contribution in [2.45, 2.75) is 13.5 Å². The van der Waals surface area contributed by atoms with Gasteiger partial charge in [0.1, 0.15) is 0 Å². The minimum atomic E-state index is 0.694. The molecule has 2 aromatic carbocycles. The van der Waals surface area contributed by atoms with Gasteiger partial charge in [-0.05, 0) is 42.3 Å². The minimum absolute atomic E-state index is 0.694. The highest BCUT2D eigenvalue weighted by atomic mass is 35.5. The Balaban J connectivity index is 2.08. The first-order valence-corrected chi connectivity index (χ1v) is 6.72. The van der Waals surface area contributed by atoms with Crippen LogP contribution in [0, 0.1) is 6.92 Å². The monoisotopic (exact) mass is 291 g/mol. The SMILES string of the molecule is COc1ccc(CNc2ccc(C)c(Cl)c2)cc1OC. The second-order valence-corrected chi connectivity index (χ2v) is 4.91. The summed E-state index contributed by atoms with van der Waals surface area (Å²) in [6.45, 7) is 2.68. The van der Waals surface area contributed by atoms with Crippen molar-refractivity contribution in [2.24, 2.45) is 0 Å². The molecule has 4 heteroatoms. The summed E-state index contributed by atoms with van der Waals surface area (Å²) < 4.78 is 10.5. The number of hydrogen-bond donors (Lipinski definition) is 1. The van der Waals surface area contributed by atoms with Crippen molar-refractivity contribution >= 4 is 17.3 Å². The van der Waals surface area contributed by atoms with E-state index in [4.69, 9.17) is 21.1 Å². The van der Waals surface area contributed by atoms with Crippen molar-refractivity contribution < 1.29 is 9.47 Å². The minimum Gasteiger partial charge on any atom is -0.493 e. The third-order valence-electron chi connectivity index (χ3n) is 3.12. The molecule has 0 saturated heterocycles. The van der Waals surface area contributed by atoms with Gasteiger partial charge in [-0.2, -0.15) is 0 Å². The van der Waals surface area contributed by atoms with Crippen LogP contribution < -0.4 is 14.8 Å². The second kappa shape index (κ2) is 6.53. The highest BCUT2D eigenvalue weighted by Crippen LogP contribution is 2.28. The largest absolute Gasteiger partial charge is 0.493 e. The number of methoxy groups -OCH3 is 2. The molecule has 0 aliphatic heterocycles. The number of rotatable bonds is 5. The summed E-state index contributed by atoms with van der Waals surface area (Å²) >= 11 is 6.11. The molecule has 106 valence electrons. The molecule has 20 heavy (non-hydrogen) atoms. The Hall–Kier alpha value is -1.87. The lowest BCUT2D eigenvalue weighted by atomic mass is 10.2. The fourth-order valence-electron chi connectivity index (χ4n) is 1.90. The summed E-state index contributed by atoms with van der Waals surface area (Å²) in [6.07, 6.45) is 0. The Morgan fingerprint density at radius 2 is 1.75 bits per heavy atom. The van der Waals surface area contributed by atoms with Crippen LogP contribution in [0.3, 0.4) is 0 Å². The second-order valence-electron chi connectivity index (χ2n) is 4.51. The molecule has 0 bridgehead atoms. The van der Waals surface area contributed by atoms with Gasteiger partial charge in [0.25, 0.3) is 0 Å². The van der Waals surface area contributed by atoms with Gasteiger partial charge in [-0.3, -0.25) is 0 Å². The van der Waals surface area contributed by atoms with E-state index < -0.39 is 0 Å². The summed E-state index contributed by atoms with van der Waals surface area (Å²) in [7, 11) is 3.26. The smallest absolute Gasteiger partial charge is 0.161 e. The van der Waals surface area contributed by atoms with Gasteiger partial charge >= 0.3 is 0 Å². The third-order valence-corrected chi connectivity index (χ3v) is 3.52. The lowest BCUT2D eigenvalue weighted by Crippen LogP contribution is -2.00. The normalized spacial score (nSPS) is 10.2. The maximum atomic E-state index is 6.11. The summed E-state index contributed by atoms with van der Waals surface area (Å²) in [6, 6.07) is 11.8. The Kier molecular flexibility index (Phi) is 4.74. The molecule has 2 rings (SSSR count). The van der Waals surface area contributed by atoms with Crippen molar-refractivity contribution in [3.05, 3.63) is 52.5 Å². The average molecular weight is 292 g/mol. The van der Waals surface area contributed by atoms with Crippen LogP contribution in [-0.4, -0.2) is 14.2 Å². The van der Waals surface area contributed by atoms with E-state index in [9.17, 15) is 0 Å². The lowest BCUT2D eigenvalue weighted by molar-refractivity contribution is 0.354. The predicted octanol–water partition coefficient (Wildman–Crippen LogP) is 4.28. The van der Waals surface area contributed by atoms with Gasteiger partial charge < -0.3 is 14.8 Å². The van der Waals surface area contributed by atoms with E-state index in [1.54, 1.807) is 14.2 Å². The number of ether oxygens (including phenoxy) is 2. The van der Waals surface area contributed by atoms with Crippen LogP contribution in [0.4, 0.5) is 5.69 Å². The van der Waals surface area contributed by atoms with Crippen molar-refractivity contribution in [3.63, 3.8) is 0 Å². The van der Waals surface area contributed by atoms with Crippen LogP contribution in [-0.2, 0) is 6.54 Å². The average Bonchev–Trinajstić information content (AvgIpc) is 2.48. The van der Waals surface area contributed by atoms with E-state index in [2.05, 4.69) is 5.32 Å². The molecular formula is C16H18ClNO2. The molecular weight excluding hydrogens is 274 g/mol. The number of hydrogen-bond acceptors (Lipinski definition) is 3. The topological polar surface area (TPSA) is 30.5 Å². The quantitative estimate of drug-likeness (QED) is 0.892. The summed E-state index contributed by atoms with van der Waals surface area (Å²) in [5.41, 5.74) is 3.18. The zero-order valence-corrected chi connectivity index (χ0v) is 12.6.